The molecule has 4 nitrogen and oxygen atoms in total. The smallest absolute Gasteiger partial charge is 0.269 e. The monoisotopic (exact) mass is 305 g/mol. The van der Waals surface area contributed by atoms with Crippen molar-refractivity contribution in [3.8, 4) is 11.5 Å². The quantitative estimate of drug-likeness (QED) is 0.282. The minimum absolute atomic E-state index is 0.330. The number of hydrogen-bond donors (Lipinski definition) is 0. The Labute approximate surface area is 113 Å². The highest BCUT2D eigenvalue weighted by Gasteiger charge is 2.27. The molecule has 0 heterocycles. The number of non-ortho nitro benzene ring substituents is 1. The summed E-state index contributed by atoms with van der Waals surface area (Å²) in [4.78, 5) is 9.68. The van der Waals surface area contributed by atoms with Gasteiger partial charge in [0.05, 0.1) is 4.92 Å². The van der Waals surface area contributed by atoms with Crippen LogP contribution < -0.4 is 4.74 Å². The normalized spacial score (nSPS) is 10.5. The summed E-state index contributed by atoms with van der Waals surface area (Å²) in [6.07, 6.45) is 0. The number of benzene rings is 2. The van der Waals surface area contributed by atoms with Crippen molar-refractivity contribution < 1.29 is 31.6 Å². The van der Waals surface area contributed by atoms with Gasteiger partial charge in [-0.15, -0.1) is 0 Å². The van der Waals surface area contributed by atoms with Crippen molar-refractivity contribution >= 4 is 5.69 Å². The fraction of sp³-hybridized carbons (Fsp3) is 0. The molecule has 0 aromatic heterocycles. The van der Waals surface area contributed by atoms with E-state index >= 15 is 0 Å². The molecule has 0 atom stereocenters. The maximum absolute atomic E-state index is 13.3. The molecule has 0 radical (unpaired) electrons. The van der Waals surface area contributed by atoms with Crippen molar-refractivity contribution in [2.45, 2.75) is 0 Å². The molecule has 0 spiro atoms. The summed E-state index contributed by atoms with van der Waals surface area (Å²) in [5.41, 5.74) is -0.334. The number of rotatable bonds is 3. The molecule has 0 saturated heterocycles. The first-order valence-corrected chi connectivity index (χ1v) is 5.26. The van der Waals surface area contributed by atoms with Gasteiger partial charge in [0.1, 0.15) is 5.75 Å². The van der Waals surface area contributed by atoms with Gasteiger partial charge in [-0.3, -0.25) is 10.1 Å². The van der Waals surface area contributed by atoms with Gasteiger partial charge in [0.2, 0.25) is 34.8 Å². The summed E-state index contributed by atoms with van der Waals surface area (Å²) in [5.74, 6) is -12.7. The third-order valence-corrected chi connectivity index (χ3v) is 2.44. The lowest BCUT2D eigenvalue weighted by atomic mass is 10.2. The molecule has 2 aromatic carbocycles. The zero-order chi connectivity index (χ0) is 15.7. The molecule has 0 N–H and O–H groups in total. The highest BCUT2D eigenvalue weighted by molar-refractivity contribution is 5.40. The molecule has 9 heteroatoms. The molecule has 110 valence electrons. The van der Waals surface area contributed by atoms with Gasteiger partial charge in [-0.2, -0.15) is 8.78 Å². The molecular formula is C12H4F5NO3. The maximum Gasteiger partial charge on any atom is 0.269 e. The summed E-state index contributed by atoms with van der Waals surface area (Å²) >= 11 is 0. The molecule has 0 bridgehead atoms. The van der Waals surface area contributed by atoms with Gasteiger partial charge >= 0.3 is 0 Å². The first kappa shape index (κ1) is 14.7. The van der Waals surface area contributed by atoms with Gasteiger partial charge < -0.3 is 4.74 Å². The number of nitrogens with zero attached hydrogens (tertiary/aromatic N) is 1. The Balaban J connectivity index is 2.42. The van der Waals surface area contributed by atoms with Crippen LogP contribution in [-0.2, 0) is 0 Å². The molecule has 0 saturated carbocycles. The molecule has 0 unspecified atom stereocenters. The Bertz CT molecular complexity index is 689. The Kier molecular flexibility index (Phi) is 3.74. The molecule has 2 aromatic rings. The van der Waals surface area contributed by atoms with Crippen LogP contribution in [0.25, 0.3) is 0 Å². The van der Waals surface area contributed by atoms with E-state index in [1.807, 2.05) is 0 Å². The van der Waals surface area contributed by atoms with Gasteiger partial charge in [0.25, 0.3) is 5.69 Å². The number of hydrogen-bond acceptors (Lipinski definition) is 3. The fourth-order valence-electron chi connectivity index (χ4n) is 1.43. The minimum atomic E-state index is -2.30. The largest absolute Gasteiger partial charge is 0.451 e. The zero-order valence-corrected chi connectivity index (χ0v) is 9.87. The lowest BCUT2D eigenvalue weighted by molar-refractivity contribution is -0.384. The number of ether oxygens (including phenoxy) is 1. The van der Waals surface area contributed by atoms with E-state index in [0.717, 1.165) is 24.3 Å². The van der Waals surface area contributed by atoms with Gasteiger partial charge in [-0.05, 0) is 12.1 Å². The topological polar surface area (TPSA) is 52.4 Å². The zero-order valence-electron chi connectivity index (χ0n) is 9.87. The molecule has 0 amide bonds. The van der Waals surface area contributed by atoms with E-state index in [1.165, 1.54) is 0 Å². The number of halogens is 5. The molecule has 0 aliphatic rings. The van der Waals surface area contributed by atoms with Crippen molar-refractivity contribution in [3.63, 3.8) is 0 Å². The van der Waals surface area contributed by atoms with Crippen molar-refractivity contribution in [2.24, 2.45) is 0 Å². The van der Waals surface area contributed by atoms with E-state index in [0.29, 0.717) is 0 Å². The summed E-state index contributed by atoms with van der Waals surface area (Å²) in [7, 11) is 0. The van der Waals surface area contributed by atoms with Crippen LogP contribution in [0.3, 0.4) is 0 Å². The standard InChI is InChI=1S/C12H4F5NO3/c13-7-8(14)10(16)12(11(17)9(7)15)21-6-3-1-5(2-4-6)18(19)20/h1-4H. The van der Waals surface area contributed by atoms with Crippen LogP contribution in [0, 0.1) is 39.2 Å². The maximum atomic E-state index is 13.3. The Morgan fingerprint density at radius 2 is 1.24 bits per heavy atom. The van der Waals surface area contributed by atoms with Crippen molar-refractivity contribution in [2.75, 3.05) is 0 Å². The van der Waals surface area contributed by atoms with E-state index in [4.69, 9.17) is 0 Å². The molecule has 0 aliphatic carbocycles. The van der Waals surface area contributed by atoms with Crippen LogP contribution in [0.1, 0.15) is 0 Å². The predicted molar refractivity (Wildman–Crippen MR) is 59.4 cm³/mol. The van der Waals surface area contributed by atoms with Crippen LogP contribution in [0.5, 0.6) is 11.5 Å². The summed E-state index contributed by atoms with van der Waals surface area (Å²) in [5, 5.41) is 10.4. The lowest BCUT2D eigenvalue weighted by Gasteiger charge is -2.09. The van der Waals surface area contributed by atoms with E-state index in [2.05, 4.69) is 4.74 Å². The summed E-state index contributed by atoms with van der Waals surface area (Å²) in [6.45, 7) is 0. The minimum Gasteiger partial charge on any atom is -0.451 e. The van der Waals surface area contributed by atoms with E-state index in [-0.39, 0.29) is 11.4 Å². The molecular weight excluding hydrogens is 301 g/mol. The predicted octanol–water partition coefficient (Wildman–Crippen LogP) is 4.08. The Morgan fingerprint density at radius 1 is 0.810 bits per heavy atom. The molecule has 0 aliphatic heterocycles. The lowest BCUT2D eigenvalue weighted by Crippen LogP contribution is -2.04. The van der Waals surface area contributed by atoms with Crippen molar-refractivity contribution in [1.29, 1.82) is 0 Å². The second-order valence-corrected chi connectivity index (χ2v) is 3.75. The van der Waals surface area contributed by atoms with Crippen LogP contribution in [0.4, 0.5) is 27.6 Å². The van der Waals surface area contributed by atoms with Gasteiger partial charge in [-0.1, -0.05) is 0 Å². The van der Waals surface area contributed by atoms with Crippen molar-refractivity contribution in [1.82, 2.24) is 0 Å². The van der Waals surface area contributed by atoms with Gasteiger partial charge in [0.15, 0.2) is 0 Å². The first-order chi connectivity index (χ1) is 9.82. The SMILES string of the molecule is O=[N+]([O-])c1ccc(Oc2c(F)c(F)c(F)c(F)c2F)cc1. The molecule has 0 fully saturated rings. The summed E-state index contributed by atoms with van der Waals surface area (Å²) < 4.78 is 70.0. The number of nitro benzene ring substituents is 1. The average Bonchev–Trinajstić information content (AvgIpc) is 2.48. The second kappa shape index (κ2) is 5.35. The van der Waals surface area contributed by atoms with E-state index in [1.54, 1.807) is 0 Å². The van der Waals surface area contributed by atoms with E-state index in [9.17, 15) is 32.1 Å². The second-order valence-electron chi connectivity index (χ2n) is 3.75. The van der Waals surface area contributed by atoms with Crippen LogP contribution in [0.2, 0.25) is 0 Å². The van der Waals surface area contributed by atoms with Crippen LogP contribution in [-0.4, -0.2) is 4.92 Å². The average molecular weight is 305 g/mol. The van der Waals surface area contributed by atoms with E-state index < -0.39 is 39.8 Å². The highest BCUT2D eigenvalue weighted by atomic mass is 19.2. The van der Waals surface area contributed by atoms with Gasteiger partial charge in [-0.25, -0.2) is 13.2 Å². The van der Waals surface area contributed by atoms with Crippen LogP contribution in [0.15, 0.2) is 24.3 Å². The fourth-order valence-corrected chi connectivity index (χ4v) is 1.43. The Morgan fingerprint density at radius 3 is 1.67 bits per heavy atom. The number of nitro groups is 1. The third-order valence-electron chi connectivity index (χ3n) is 2.44. The molecule has 21 heavy (non-hydrogen) atoms. The van der Waals surface area contributed by atoms with Crippen molar-refractivity contribution in [3.05, 3.63) is 63.5 Å². The van der Waals surface area contributed by atoms with Gasteiger partial charge in [0, 0.05) is 12.1 Å². The molecule has 2 rings (SSSR count). The first-order valence-electron chi connectivity index (χ1n) is 5.26. The Hall–Kier alpha value is -2.71. The van der Waals surface area contributed by atoms with Crippen LogP contribution >= 0.6 is 0 Å². The third kappa shape index (κ3) is 2.62. The highest BCUT2D eigenvalue weighted by Crippen LogP contribution is 2.33. The summed E-state index contributed by atoms with van der Waals surface area (Å²) in [6, 6.07) is 3.80.